The lowest BCUT2D eigenvalue weighted by atomic mass is 9.92. The number of nitrogens with one attached hydrogen (secondary N) is 3. The number of carbonyl (C=O) groups is 1. The van der Waals surface area contributed by atoms with Crippen molar-refractivity contribution in [3.8, 4) is 0 Å². The van der Waals surface area contributed by atoms with Gasteiger partial charge in [0.15, 0.2) is 0 Å². The average molecular weight is 480 g/mol. The fourth-order valence-electron chi connectivity index (χ4n) is 3.83. The van der Waals surface area contributed by atoms with Crippen LogP contribution in [0.1, 0.15) is 31.2 Å². The van der Waals surface area contributed by atoms with Gasteiger partial charge in [0.2, 0.25) is 5.91 Å². The molecular weight excluding hydrogens is 453 g/mol. The van der Waals surface area contributed by atoms with E-state index in [1.165, 1.54) is 6.07 Å². The van der Waals surface area contributed by atoms with Crippen molar-refractivity contribution in [3.63, 3.8) is 0 Å². The number of hydrogen-bond acceptors (Lipinski definition) is 6. The highest BCUT2D eigenvalue weighted by atomic mass is 19.4. The highest BCUT2D eigenvalue weighted by Gasteiger charge is 2.38. The summed E-state index contributed by atoms with van der Waals surface area (Å²) in [6, 6.07) is 12.5. The summed E-state index contributed by atoms with van der Waals surface area (Å²) in [5, 5.41) is 19.9. The number of benzene rings is 2. The first-order valence-electron chi connectivity index (χ1n) is 11.0. The molecule has 1 aliphatic carbocycles. The van der Waals surface area contributed by atoms with Gasteiger partial charge in [-0.3, -0.25) is 14.9 Å². The van der Waals surface area contributed by atoms with Gasteiger partial charge < -0.3 is 20.7 Å². The number of nitro benzene ring substituents is 1. The molecule has 184 valence electrons. The number of nitrogens with zero attached hydrogens (tertiary/aromatic N) is 1. The number of rotatable bonds is 10. The van der Waals surface area contributed by atoms with Crippen LogP contribution in [0.3, 0.4) is 0 Å². The van der Waals surface area contributed by atoms with Crippen LogP contribution in [0.25, 0.3) is 0 Å². The molecule has 11 heteroatoms. The van der Waals surface area contributed by atoms with E-state index in [-0.39, 0.29) is 30.3 Å². The first-order chi connectivity index (χ1) is 16.2. The molecule has 1 aliphatic rings. The Morgan fingerprint density at radius 2 is 1.74 bits per heavy atom. The van der Waals surface area contributed by atoms with Crippen LogP contribution in [-0.2, 0) is 15.7 Å². The number of hydrogen-bond donors (Lipinski definition) is 3. The predicted molar refractivity (Wildman–Crippen MR) is 122 cm³/mol. The Balaban J connectivity index is 1.37. The topological polar surface area (TPSA) is 106 Å². The van der Waals surface area contributed by atoms with E-state index in [2.05, 4.69) is 16.0 Å². The standard InChI is InChI=1S/C23H27F3N4O4/c24-23(25,26)20-14-18(8-11-21(20)30(32)33)29-17-6-9-19(10-7-17)34-15-22(31)28-13-12-27-16-4-2-1-3-5-16/h1-5,8,11,14,17,19,27,29H,6-7,9-10,12-13,15H2,(H,28,31)/t17-,19-. The summed E-state index contributed by atoms with van der Waals surface area (Å²) in [4.78, 5) is 21.8. The van der Waals surface area contributed by atoms with Crippen molar-refractivity contribution in [3.05, 3.63) is 64.2 Å². The van der Waals surface area contributed by atoms with E-state index >= 15 is 0 Å². The zero-order chi connectivity index (χ0) is 24.6. The second kappa shape index (κ2) is 11.7. The van der Waals surface area contributed by atoms with Gasteiger partial charge in [0.05, 0.1) is 11.0 Å². The minimum atomic E-state index is -4.82. The van der Waals surface area contributed by atoms with Crippen molar-refractivity contribution in [1.29, 1.82) is 0 Å². The molecule has 1 saturated carbocycles. The maximum Gasteiger partial charge on any atom is 0.423 e. The zero-order valence-electron chi connectivity index (χ0n) is 18.4. The van der Waals surface area contributed by atoms with Gasteiger partial charge in [0.1, 0.15) is 12.2 Å². The zero-order valence-corrected chi connectivity index (χ0v) is 18.4. The fourth-order valence-corrected chi connectivity index (χ4v) is 3.83. The first kappa shape index (κ1) is 25.3. The number of para-hydroxylation sites is 1. The summed E-state index contributed by atoms with van der Waals surface area (Å²) in [6.07, 6.45) is -2.32. The third-order valence-electron chi connectivity index (χ3n) is 5.54. The summed E-state index contributed by atoms with van der Waals surface area (Å²) < 4.78 is 45.2. The molecule has 3 N–H and O–H groups in total. The molecule has 34 heavy (non-hydrogen) atoms. The lowest BCUT2D eigenvalue weighted by Crippen LogP contribution is -2.35. The predicted octanol–water partition coefficient (Wildman–Crippen LogP) is 4.58. The Labute approximate surface area is 195 Å². The Kier molecular flexibility index (Phi) is 8.69. The number of ether oxygens (including phenoxy) is 1. The van der Waals surface area contributed by atoms with Crippen molar-refractivity contribution >= 4 is 23.0 Å². The molecule has 8 nitrogen and oxygen atoms in total. The molecule has 1 amide bonds. The number of carbonyl (C=O) groups excluding carboxylic acids is 1. The van der Waals surface area contributed by atoms with Crippen LogP contribution < -0.4 is 16.0 Å². The van der Waals surface area contributed by atoms with Crippen LogP contribution in [0.5, 0.6) is 0 Å². The normalized spacial score (nSPS) is 18.2. The molecule has 0 saturated heterocycles. The summed E-state index contributed by atoms with van der Waals surface area (Å²) >= 11 is 0. The molecule has 0 radical (unpaired) electrons. The van der Waals surface area contributed by atoms with E-state index in [9.17, 15) is 28.1 Å². The minimum Gasteiger partial charge on any atom is -0.383 e. The van der Waals surface area contributed by atoms with Crippen molar-refractivity contribution in [1.82, 2.24) is 5.32 Å². The number of halogens is 3. The van der Waals surface area contributed by atoms with Crippen LogP contribution >= 0.6 is 0 Å². The summed E-state index contributed by atoms with van der Waals surface area (Å²) in [6.45, 7) is 1.000. The van der Waals surface area contributed by atoms with Crippen LogP contribution in [0.2, 0.25) is 0 Å². The molecule has 2 aromatic carbocycles. The molecule has 2 aromatic rings. The molecule has 0 aliphatic heterocycles. The average Bonchev–Trinajstić information content (AvgIpc) is 2.81. The Hall–Kier alpha value is -3.34. The van der Waals surface area contributed by atoms with E-state index in [1.54, 1.807) is 0 Å². The third-order valence-corrected chi connectivity index (χ3v) is 5.54. The summed E-state index contributed by atoms with van der Waals surface area (Å²) in [7, 11) is 0. The first-order valence-corrected chi connectivity index (χ1v) is 11.0. The summed E-state index contributed by atoms with van der Waals surface area (Å²) in [5.41, 5.74) is -1.08. The minimum absolute atomic E-state index is 0.0502. The summed E-state index contributed by atoms with van der Waals surface area (Å²) in [5.74, 6) is -0.208. The van der Waals surface area contributed by atoms with Gasteiger partial charge in [-0.05, 0) is 49.9 Å². The van der Waals surface area contributed by atoms with Gasteiger partial charge in [-0.2, -0.15) is 13.2 Å². The van der Waals surface area contributed by atoms with Crippen LogP contribution in [-0.4, -0.2) is 42.7 Å². The highest BCUT2D eigenvalue weighted by molar-refractivity contribution is 5.77. The van der Waals surface area contributed by atoms with E-state index < -0.39 is 22.4 Å². The van der Waals surface area contributed by atoms with Crippen LogP contribution in [0.15, 0.2) is 48.5 Å². The van der Waals surface area contributed by atoms with Gasteiger partial charge in [-0.25, -0.2) is 0 Å². The molecule has 0 spiro atoms. The van der Waals surface area contributed by atoms with E-state index in [4.69, 9.17) is 4.74 Å². The largest absolute Gasteiger partial charge is 0.423 e. The van der Waals surface area contributed by atoms with E-state index in [0.717, 1.165) is 17.8 Å². The molecule has 0 heterocycles. The molecule has 0 aromatic heterocycles. The quantitative estimate of drug-likeness (QED) is 0.261. The molecule has 0 unspecified atom stereocenters. The SMILES string of the molecule is O=C(CO[C@H]1CC[C@H](Nc2ccc([N+](=O)[O-])c(C(F)(F)F)c2)CC1)NCCNc1ccccc1. The van der Waals surface area contributed by atoms with Gasteiger partial charge >= 0.3 is 6.18 Å². The van der Waals surface area contributed by atoms with Crippen molar-refractivity contribution in [2.24, 2.45) is 0 Å². The second-order valence-corrected chi connectivity index (χ2v) is 8.06. The maximum absolute atomic E-state index is 13.2. The number of nitro groups is 1. The smallest absolute Gasteiger partial charge is 0.383 e. The Morgan fingerprint density at radius 3 is 2.38 bits per heavy atom. The Morgan fingerprint density at radius 1 is 1.03 bits per heavy atom. The van der Waals surface area contributed by atoms with Crippen molar-refractivity contribution in [2.45, 2.75) is 44.0 Å². The third kappa shape index (κ3) is 7.62. The molecular formula is C23H27F3N4O4. The lowest BCUT2D eigenvalue weighted by Gasteiger charge is -2.29. The number of anilines is 2. The van der Waals surface area contributed by atoms with Crippen molar-refractivity contribution in [2.75, 3.05) is 30.3 Å². The van der Waals surface area contributed by atoms with Crippen molar-refractivity contribution < 1.29 is 27.6 Å². The maximum atomic E-state index is 13.2. The lowest BCUT2D eigenvalue weighted by molar-refractivity contribution is -0.388. The van der Waals surface area contributed by atoms with Gasteiger partial charge in [-0.1, -0.05) is 18.2 Å². The fraction of sp³-hybridized carbons (Fsp3) is 0.435. The Bertz CT molecular complexity index is 964. The molecule has 3 rings (SSSR count). The molecule has 0 atom stereocenters. The van der Waals surface area contributed by atoms with Gasteiger partial charge in [0, 0.05) is 36.6 Å². The highest BCUT2D eigenvalue weighted by Crippen LogP contribution is 2.38. The van der Waals surface area contributed by atoms with Crippen LogP contribution in [0.4, 0.5) is 30.2 Å². The number of amides is 1. The molecule has 0 bridgehead atoms. The van der Waals surface area contributed by atoms with Gasteiger partial charge in [-0.15, -0.1) is 0 Å². The monoisotopic (exact) mass is 480 g/mol. The van der Waals surface area contributed by atoms with Crippen LogP contribution in [0, 0.1) is 10.1 Å². The van der Waals surface area contributed by atoms with E-state index in [1.807, 2.05) is 30.3 Å². The van der Waals surface area contributed by atoms with E-state index in [0.29, 0.717) is 38.8 Å². The van der Waals surface area contributed by atoms with Gasteiger partial charge in [0.25, 0.3) is 5.69 Å². The second-order valence-electron chi connectivity index (χ2n) is 8.06. The number of alkyl halides is 3. The molecule has 1 fully saturated rings.